The topological polar surface area (TPSA) is 58.1 Å². The Morgan fingerprint density at radius 2 is 2.00 bits per heavy atom. The molecule has 3 rings (SSSR count). The number of carbonyl (C=O) groups is 1. The van der Waals surface area contributed by atoms with Crippen LogP contribution in [0.15, 0.2) is 48.3 Å². The van der Waals surface area contributed by atoms with Crippen molar-refractivity contribution in [3.63, 3.8) is 0 Å². The SMILES string of the molecule is O=C(NCC1=CCN(Cc2ncccn2)CC1)c1ccc(F)c(F)c1. The molecule has 1 amide bonds. The van der Waals surface area contributed by atoms with Gasteiger partial charge in [-0.3, -0.25) is 9.69 Å². The van der Waals surface area contributed by atoms with Crippen LogP contribution in [0.1, 0.15) is 22.6 Å². The van der Waals surface area contributed by atoms with Gasteiger partial charge in [-0.1, -0.05) is 11.6 Å². The highest BCUT2D eigenvalue weighted by Gasteiger charge is 2.14. The molecule has 2 heterocycles. The van der Waals surface area contributed by atoms with E-state index >= 15 is 0 Å². The van der Waals surface area contributed by atoms with E-state index in [9.17, 15) is 13.6 Å². The number of halogens is 2. The lowest BCUT2D eigenvalue weighted by Crippen LogP contribution is -2.32. The van der Waals surface area contributed by atoms with E-state index < -0.39 is 17.5 Å². The second kappa shape index (κ2) is 7.94. The maximum atomic E-state index is 13.2. The van der Waals surface area contributed by atoms with Gasteiger partial charge in [0.25, 0.3) is 5.91 Å². The minimum atomic E-state index is -1.02. The minimum Gasteiger partial charge on any atom is -0.348 e. The minimum absolute atomic E-state index is 0.109. The summed E-state index contributed by atoms with van der Waals surface area (Å²) in [6, 6.07) is 4.91. The maximum absolute atomic E-state index is 13.2. The first kappa shape index (κ1) is 17.2. The zero-order valence-corrected chi connectivity index (χ0v) is 13.6. The van der Waals surface area contributed by atoms with Crippen molar-refractivity contribution >= 4 is 5.91 Å². The van der Waals surface area contributed by atoms with Crippen LogP contribution in [0.2, 0.25) is 0 Å². The molecule has 0 unspecified atom stereocenters. The highest BCUT2D eigenvalue weighted by molar-refractivity contribution is 5.94. The highest BCUT2D eigenvalue weighted by Crippen LogP contribution is 2.13. The quantitative estimate of drug-likeness (QED) is 0.846. The van der Waals surface area contributed by atoms with Crippen LogP contribution >= 0.6 is 0 Å². The Kier molecular flexibility index (Phi) is 5.45. The smallest absolute Gasteiger partial charge is 0.251 e. The van der Waals surface area contributed by atoms with Crippen molar-refractivity contribution in [2.24, 2.45) is 0 Å². The van der Waals surface area contributed by atoms with Gasteiger partial charge >= 0.3 is 0 Å². The zero-order chi connectivity index (χ0) is 17.6. The van der Waals surface area contributed by atoms with E-state index in [1.807, 2.05) is 0 Å². The van der Waals surface area contributed by atoms with Crippen LogP contribution in [0.25, 0.3) is 0 Å². The number of carbonyl (C=O) groups excluding carboxylic acids is 1. The molecule has 1 aromatic carbocycles. The second-order valence-electron chi connectivity index (χ2n) is 5.82. The Balaban J connectivity index is 1.49. The number of benzene rings is 1. The lowest BCUT2D eigenvalue weighted by Gasteiger charge is -2.25. The first-order chi connectivity index (χ1) is 12.1. The van der Waals surface area contributed by atoms with Crippen molar-refractivity contribution in [3.05, 3.63) is 71.3 Å². The molecule has 1 aromatic heterocycles. The number of hydrogen-bond donors (Lipinski definition) is 1. The van der Waals surface area contributed by atoms with Gasteiger partial charge in [0.05, 0.1) is 6.54 Å². The van der Waals surface area contributed by atoms with Crippen LogP contribution < -0.4 is 5.32 Å². The lowest BCUT2D eigenvalue weighted by atomic mass is 10.1. The first-order valence-electron chi connectivity index (χ1n) is 8.01. The van der Waals surface area contributed by atoms with Crippen molar-refractivity contribution in [1.82, 2.24) is 20.2 Å². The molecule has 25 heavy (non-hydrogen) atoms. The van der Waals surface area contributed by atoms with E-state index in [2.05, 4.69) is 26.3 Å². The summed E-state index contributed by atoms with van der Waals surface area (Å²) in [7, 11) is 0. The molecular formula is C18H18F2N4O. The molecule has 0 fully saturated rings. The predicted molar refractivity (Wildman–Crippen MR) is 88.7 cm³/mol. The molecule has 7 heteroatoms. The number of amides is 1. The number of nitrogens with one attached hydrogen (secondary N) is 1. The zero-order valence-electron chi connectivity index (χ0n) is 13.6. The van der Waals surface area contributed by atoms with E-state index in [0.29, 0.717) is 13.1 Å². The molecule has 0 radical (unpaired) electrons. The second-order valence-corrected chi connectivity index (χ2v) is 5.82. The van der Waals surface area contributed by atoms with Crippen molar-refractivity contribution in [2.45, 2.75) is 13.0 Å². The molecule has 1 aliphatic rings. The summed E-state index contributed by atoms with van der Waals surface area (Å²) < 4.78 is 26.1. The van der Waals surface area contributed by atoms with Crippen LogP contribution in [-0.2, 0) is 6.54 Å². The summed E-state index contributed by atoms with van der Waals surface area (Å²) >= 11 is 0. The van der Waals surface area contributed by atoms with Crippen LogP contribution in [0.4, 0.5) is 8.78 Å². The largest absolute Gasteiger partial charge is 0.348 e. The fraction of sp³-hybridized carbons (Fsp3) is 0.278. The van der Waals surface area contributed by atoms with E-state index in [0.717, 1.165) is 43.0 Å². The molecule has 0 aliphatic carbocycles. The Bertz CT molecular complexity index is 780. The average molecular weight is 344 g/mol. The van der Waals surface area contributed by atoms with Gasteiger partial charge in [0.2, 0.25) is 0 Å². The summed E-state index contributed by atoms with van der Waals surface area (Å²) in [6.07, 6.45) is 6.34. The molecule has 0 saturated carbocycles. The summed E-state index contributed by atoms with van der Waals surface area (Å²) in [4.78, 5) is 22.6. The molecule has 5 nitrogen and oxygen atoms in total. The monoisotopic (exact) mass is 344 g/mol. The number of aromatic nitrogens is 2. The number of nitrogens with zero attached hydrogens (tertiary/aromatic N) is 3. The van der Waals surface area contributed by atoms with Crippen molar-refractivity contribution in [1.29, 1.82) is 0 Å². The van der Waals surface area contributed by atoms with Crippen LogP contribution in [0.5, 0.6) is 0 Å². The normalized spacial score (nSPS) is 14.9. The lowest BCUT2D eigenvalue weighted by molar-refractivity contribution is 0.0955. The average Bonchev–Trinajstić information content (AvgIpc) is 2.64. The van der Waals surface area contributed by atoms with Crippen LogP contribution in [0.3, 0.4) is 0 Å². The van der Waals surface area contributed by atoms with Crippen molar-refractivity contribution < 1.29 is 13.6 Å². The van der Waals surface area contributed by atoms with Crippen LogP contribution in [-0.4, -0.2) is 40.4 Å². The van der Waals surface area contributed by atoms with E-state index in [1.165, 1.54) is 6.07 Å². The summed E-state index contributed by atoms with van der Waals surface area (Å²) in [5.41, 5.74) is 1.22. The standard InChI is InChI=1S/C18H18F2N4O/c19-15-3-2-14(10-16(15)20)18(25)23-11-13-4-8-24(9-5-13)12-17-21-6-1-7-22-17/h1-4,6-7,10H,5,8-9,11-12H2,(H,23,25). The molecule has 0 spiro atoms. The molecule has 1 N–H and O–H groups in total. The molecule has 0 bridgehead atoms. The third-order valence-electron chi connectivity index (χ3n) is 4.03. The van der Waals surface area contributed by atoms with E-state index in [1.54, 1.807) is 18.5 Å². The van der Waals surface area contributed by atoms with Crippen LogP contribution in [0, 0.1) is 11.6 Å². The van der Waals surface area contributed by atoms with Gasteiger partial charge in [-0.2, -0.15) is 0 Å². The summed E-state index contributed by atoms with van der Waals surface area (Å²) in [6.45, 7) is 2.69. The number of rotatable bonds is 5. The van der Waals surface area contributed by atoms with E-state index in [-0.39, 0.29) is 5.56 Å². The maximum Gasteiger partial charge on any atom is 0.251 e. The molecule has 0 saturated heterocycles. The van der Waals surface area contributed by atoms with Gasteiger partial charge in [-0.05, 0) is 30.7 Å². The van der Waals surface area contributed by atoms with Crippen molar-refractivity contribution in [3.8, 4) is 0 Å². The third kappa shape index (κ3) is 4.67. The van der Waals surface area contributed by atoms with E-state index in [4.69, 9.17) is 0 Å². The summed E-state index contributed by atoms with van der Waals surface area (Å²) in [5.74, 6) is -1.62. The third-order valence-corrected chi connectivity index (χ3v) is 4.03. The fourth-order valence-electron chi connectivity index (χ4n) is 2.60. The molecular weight excluding hydrogens is 326 g/mol. The molecule has 130 valence electrons. The van der Waals surface area contributed by atoms with Gasteiger partial charge in [-0.25, -0.2) is 18.7 Å². The molecule has 1 aliphatic heterocycles. The molecule has 0 atom stereocenters. The molecule has 2 aromatic rings. The Hall–Kier alpha value is -2.67. The number of hydrogen-bond acceptors (Lipinski definition) is 4. The Labute approximate surface area is 144 Å². The predicted octanol–water partition coefficient (Wildman–Crippen LogP) is 2.32. The Morgan fingerprint density at radius 3 is 2.68 bits per heavy atom. The van der Waals surface area contributed by atoms with Gasteiger partial charge in [-0.15, -0.1) is 0 Å². The van der Waals surface area contributed by atoms with Gasteiger partial charge in [0, 0.05) is 37.6 Å². The van der Waals surface area contributed by atoms with Gasteiger partial charge in [0.15, 0.2) is 11.6 Å². The van der Waals surface area contributed by atoms with Crippen molar-refractivity contribution in [2.75, 3.05) is 19.6 Å². The van der Waals surface area contributed by atoms with Gasteiger partial charge < -0.3 is 5.32 Å². The fourth-order valence-corrected chi connectivity index (χ4v) is 2.60. The Morgan fingerprint density at radius 1 is 1.20 bits per heavy atom. The summed E-state index contributed by atoms with van der Waals surface area (Å²) in [5, 5.41) is 2.74. The first-order valence-corrected chi connectivity index (χ1v) is 8.01. The van der Waals surface area contributed by atoms with Gasteiger partial charge in [0.1, 0.15) is 5.82 Å². The highest BCUT2D eigenvalue weighted by atomic mass is 19.2.